The van der Waals surface area contributed by atoms with E-state index < -0.39 is 10.1 Å². The third-order valence-electron chi connectivity index (χ3n) is 1.89. The van der Waals surface area contributed by atoms with E-state index >= 15 is 0 Å². The molecule has 0 fully saturated rings. The molecule has 74 valence electrons. The summed E-state index contributed by atoms with van der Waals surface area (Å²) >= 11 is 0. The van der Waals surface area contributed by atoms with E-state index in [0.717, 1.165) is 5.69 Å². The van der Waals surface area contributed by atoms with Gasteiger partial charge >= 0.3 is 0 Å². The van der Waals surface area contributed by atoms with E-state index in [1.165, 1.54) is 0 Å². The number of hydrogen-bond donors (Lipinski definition) is 1. The van der Waals surface area contributed by atoms with E-state index in [1.54, 1.807) is 0 Å². The summed E-state index contributed by atoms with van der Waals surface area (Å²) in [4.78, 5) is 0. The van der Waals surface area contributed by atoms with Crippen molar-refractivity contribution in [3.05, 3.63) is 24.0 Å². The Bertz CT molecular complexity index is 366. The van der Waals surface area contributed by atoms with Crippen molar-refractivity contribution in [3.63, 3.8) is 0 Å². The van der Waals surface area contributed by atoms with Gasteiger partial charge < -0.3 is 4.57 Å². The molecule has 4 nitrogen and oxygen atoms in total. The van der Waals surface area contributed by atoms with Crippen LogP contribution in [0.15, 0.2) is 18.3 Å². The van der Waals surface area contributed by atoms with Gasteiger partial charge in [0.1, 0.15) is 0 Å². The minimum Gasteiger partial charge on any atom is -0.354 e. The number of aryl methyl sites for hydroxylation is 2. The molecule has 0 aliphatic rings. The molecule has 0 bridgehead atoms. The Morgan fingerprint density at radius 2 is 2.23 bits per heavy atom. The Labute approximate surface area is 77.9 Å². The van der Waals surface area contributed by atoms with E-state index in [0.29, 0.717) is 12.8 Å². The lowest BCUT2D eigenvalue weighted by molar-refractivity contribution is 0.481. The number of rotatable bonds is 4. The molecule has 0 spiro atoms. The smallest absolute Gasteiger partial charge is 0.264 e. The molecular weight excluding hydrogens is 190 g/mol. The molecule has 13 heavy (non-hydrogen) atoms. The van der Waals surface area contributed by atoms with Gasteiger partial charge in [0.05, 0.1) is 5.75 Å². The summed E-state index contributed by atoms with van der Waals surface area (Å²) in [6.45, 7) is 0. The van der Waals surface area contributed by atoms with Crippen molar-refractivity contribution in [2.45, 2.75) is 12.8 Å². The second-order valence-corrected chi connectivity index (χ2v) is 4.57. The van der Waals surface area contributed by atoms with Crippen LogP contribution in [0.3, 0.4) is 0 Å². The van der Waals surface area contributed by atoms with Gasteiger partial charge in [-0.05, 0) is 25.0 Å². The van der Waals surface area contributed by atoms with Crippen molar-refractivity contribution < 1.29 is 13.0 Å². The van der Waals surface area contributed by atoms with Crippen LogP contribution in [0.5, 0.6) is 0 Å². The van der Waals surface area contributed by atoms with Crippen LogP contribution in [0, 0.1) is 0 Å². The molecule has 1 rings (SSSR count). The fourth-order valence-electron chi connectivity index (χ4n) is 1.19. The molecule has 0 unspecified atom stereocenters. The molecule has 1 heterocycles. The van der Waals surface area contributed by atoms with Gasteiger partial charge in [-0.25, -0.2) is 0 Å². The van der Waals surface area contributed by atoms with Crippen LogP contribution in [0.25, 0.3) is 0 Å². The lowest BCUT2D eigenvalue weighted by atomic mass is 10.2. The molecule has 0 aliphatic heterocycles. The second-order valence-electron chi connectivity index (χ2n) is 3.00. The molecule has 0 radical (unpaired) electrons. The quantitative estimate of drug-likeness (QED) is 0.738. The first-order valence-electron chi connectivity index (χ1n) is 4.04. The molecule has 1 N–H and O–H groups in total. The first-order valence-corrected chi connectivity index (χ1v) is 5.65. The maximum absolute atomic E-state index is 10.4. The van der Waals surface area contributed by atoms with Gasteiger partial charge in [-0.15, -0.1) is 0 Å². The molecule has 0 amide bonds. The normalized spacial score (nSPS) is 11.8. The average molecular weight is 203 g/mol. The molecule has 5 heteroatoms. The largest absolute Gasteiger partial charge is 0.354 e. The van der Waals surface area contributed by atoms with Crippen LogP contribution in [-0.4, -0.2) is 23.3 Å². The van der Waals surface area contributed by atoms with Crippen LogP contribution < -0.4 is 0 Å². The maximum atomic E-state index is 10.4. The van der Waals surface area contributed by atoms with E-state index in [4.69, 9.17) is 4.55 Å². The van der Waals surface area contributed by atoms with Gasteiger partial charge in [-0.3, -0.25) is 4.55 Å². The first-order chi connectivity index (χ1) is 5.99. The van der Waals surface area contributed by atoms with Crippen molar-refractivity contribution in [1.29, 1.82) is 0 Å². The summed E-state index contributed by atoms with van der Waals surface area (Å²) in [5.41, 5.74) is 1.07. The van der Waals surface area contributed by atoms with Crippen LogP contribution in [0.4, 0.5) is 0 Å². The zero-order chi connectivity index (χ0) is 9.90. The topological polar surface area (TPSA) is 59.3 Å². The highest BCUT2D eigenvalue weighted by Crippen LogP contribution is 2.03. The Morgan fingerprint density at radius 3 is 2.69 bits per heavy atom. The van der Waals surface area contributed by atoms with Crippen LogP contribution >= 0.6 is 0 Å². The summed E-state index contributed by atoms with van der Waals surface area (Å²) in [6.07, 6.45) is 3.03. The zero-order valence-corrected chi connectivity index (χ0v) is 8.29. The predicted octanol–water partition coefficient (Wildman–Crippen LogP) is 0.845. The van der Waals surface area contributed by atoms with Gasteiger partial charge in [0.25, 0.3) is 10.1 Å². The Morgan fingerprint density at radius 1 is 1.54 bits per heavy atom. The van der Waals surface area contributed by atoms with Crippen molar-refractivity contribution in [3.8, 4) is 0 Å². The zero-order valence-electron chi connectivity index (χ0n) is 7.47. The molecule has 0 aromatic carbocycles. The third kappa shape index (κ3) is 3.61. The summed E-state index contributed by atoms with van der Waals surface area (Å²) in [5, 5.41) is 0. The highest BCUT2D eigenvalue weighted by atomic mass is 32.2. The monoisotopic (exact) mass is 203 g/mol. The molecule has 0 aliphatic carbocycles. The summed E-state index contributed by atoms with van der Waals surface area (Å²) in [5.74, 6) is -0.168. The van der Waals surface area contributed by atoms with E-state index in [9.17, 15) is 8.42 Å². The molecule has 0 atom stereocenters. The second kappa shape index (κ2) is 3.93. The SMILES string of the molecule is Cn1cccc1CCCS(=O)(=O)O. The maximum Gasteiger partial charge on any atom is 0.264 e. The fourth-order valence-corrected chi connectivity index (χ4v) is 1.70. The van der Waals surface area contributed by atoms with Crippen molar-refractivity contribution >= 4 is 10.1 Å². The molecule has 1 aromatic heterocycles. The minimum atomic E-state index is -3.80. The van der Waals surface area contributed by atoms with Crippen molar-refractivity contribution in [1.82, 2.24) is 4.57 Å². The van der Waals surface area contributed by atoms with Crippen LogP contribution in [0.2, 0.25) is 0 Å². The summed E-state index contributed by atoms with van der Waals surface area (Å²) in [7, 11) is -1.89. The van der Waals surface area contributed by atoms with E-state index in [1.807, 2.05) is 29.9 Å². The van der Waals surface area contributed by atoms with Gasteiger partial charge in [0, 0.05) is 18.9 Å². The predicted molar refractivity (Wildman–Crippen MR) is 50.1 cm³/mol. The molecule has 0 saturated carbocycles. The van der Waals surface area contributed by atoms with E-state index in [-0.39, 0.29) is 5.75 Å². The van der Waals surface area contributed by atoms with Gasteiger partial charge in [0.2, 0.25) is 0 Å². The lowest BCUT2D eigenvalue weighted by Crippen LogP contribution is -2.06. The van der Waals surface area contributed by atoms with Crippen LogP contribution in [-0.2, 0) is 23.6 Å². The van der Waals surface area contributed by atoms with E-state index in [2.05, 4.69) is 0 Å². The highest BCUT2D eigenvalue weighted by molar-refractivity contribution is 7.85. The van der Waals surface area contributed by atoms with Crippen LogP contribution in [0.1, 0.15) is 12.1 Å². The van der Waals surface area contributed by atoms with Crippen molar-refractivity contribution in [2.24, 2.45) is 7.05 Å². The Balaban J connectivity index is 2.41. The first kappa shape index (κ1) is 10.3. The average Bonchev–Trinajstić information content (AvgIpc) is 2.34. The minimum absolute atomic E-state index is 0.168. The molecule has 0 saturated heterocycles. The van der Waals surface area contributed by atoms with Gasteiger partial charge in [-0.1, -0.05) is 0 Å². The number of hydrogen-bond acceptors (Lipinski definition) is 2. The highest BCUT2D eigenvalue weighted by Gasteiger charge is 2.04. The fraction of sp³-hybridized carbons (Fsp3) is 0.500. The van der Waals surface area contributed by atoms with Gasteiger partial charge in [-0.2, -0.15) is 8.42 Å². The number of nitrogens with zero attached hydrogens (tertiary/aromatic N) is 1. The molecule has 1 aromatic rings. The van der Waals surface area contributed by atoms with Crippen molar-refractivity contribution in [2.75, 3.05) is 5.75 Å². The van der Waals surface area contributed by atoms with Gasteiger partial charge in [0.15, 0.2) is 0 Å². The molecular formula is C8H13NO3S. The number of aromatic nitrogens is 1. The Hall–Kier alpha value is -0.810. The Kier molecular flexibility index (Phi) is 3.11. The third-order valence-corrected chi connectivity index (χ3v) is 2.69. The lowest BCUT2D eigenvalue weighted by Gasteiger charge is -2.01. The summed E-state index contributed by atoms with van der Waals surface area (Å²) in [6, 6.07) is 3.84. The standard InChI is InChI=1S/C8H13NO3S/c1-9-6-2-4-8(9)5-3-7-13(10,11)12/h2,4,6H,3,5,7H2,1H3,(H,10,11,12). The summed E-state index contributed by atoms with van der Waals surface area (Å²) < 4.78 is 31.2.